The summed E-state index contributed by atoms with van der Waals surface area (Å²) in [4.78, 5) is 5.25. The fourth-order valence-electron chi connectivity index (χ4n) is 13.3. The molecule has 71 heavy (non-hydrogen) atoms. The second kappa shape index (κ2) is 14.7. The van der Waals surface area contributed by atoms with Gasteiger partial charge >= 0.3 is 0 Å². The van der Waals surface area contributed by atoms with Gasteiger partial charge in [-0.2, -0.15) is 0 Å². The lowest BCUT2D eigenvalue weighted by molar-refractivity contribution is 0.692. The zero-order chi connectivity index (χ0) is 46.3. The molecule has 0 spiro atoms. The number of para-hydroxylation sites is 7. The quantitative estimate of drug-likeness (QED) is 0.172. The van der Waals surface area contributed by atoms with E-state index in [1.54, 1.807) is 0 Å². The highest BCUT2D eigenvalue weighted by Gasteiger charge is 2.45. The highest BCUT2D eigenvalue weighted by molar-refractivity contribution is 6.26. The van der Waals surface area contributed by atoms with Crippen molar-refractivity contribution in [3.8, 4) is 17.1 Å². The van der Waals surface area contributed by atoms with E-state index < -0.39 is 0 Å². The van der Waals surface area contributed by atoms with Gasteiger partial charge < -0.3 is 23.5 Å². The van der Waals surface area contributed by atoms with Gasteiger partial charge in [0.1, 0.15) is 0 Å². The monoisotopic (exact) mass is 907 g/mol. The molecule has 0 amide bonds. The molecule has 9 aromatic carbocycles. The SMILES string of the molecule is C1=CC2c3ccccc3N(c3cc(N4c5ccccc5C5c6c(c7ccccc7n6-c6ccccc6)C=CC54)cc(-n4c5ccccc5c5c4ccc4c6ccccc6n(-c6ccccc6)c45)c3)C2C=C1. The van der Waals surface area contributed by atoms with Crippen LogP contribution in [0.15, 0.2) is 243 Å². The van der Waals surface area contributed by atoms with E-state index in [1.807, 2.05) is 0 Å². The van der Waals surface area contributed by atoms with Crippen molar-refractivity contribution in [1.29, 1.82) is 0 Å². The molecule has 0 radical (unpaired) electrons. The van der Waals surface area contributed by atoms with Gasteiger partial charge in [0.05, 0.1) is 51.3 Å². The fourth-order valence-corrected chi connectivity index (χ4v) is 13.3. The van der Waals surface area contributed by atoms with Gasteiger partial charge in [0, 0.05) is 78.2 Å². The third-order valence-corrected chi connectivity index (χ3v) is 16.0. The minimum absolute atomic E-state index is 0.0188. The van der Waals surface area contributed by atoms with Crippen LogP contribution in [-0.2, 0) is 0 Å². The molecule has 16 rings (SSSR count). The maximum absolute atomic E-state index is 2.65. The number of nitrogens with zero attached hydrogens (tertiary/aromatic N) is 5. The Balaban J connectivity index is 0.980. The molecule has 5 heteroatoms. The van der Waals surface area contributed by atoms with Crippen molar-refractivity contribution in [3.05, 3.63) is 265 Å². The van der Waals surface area contributed by atoms with E-state index in [-0.39, 0.29) is 23.9 Å². The van der Waals surface area contributed by atoms with Gasteiger partial charge in [0.25, 0.3) is 0 Å². The molecule has 4 atom stereocenters. The third kappa shape index (κ3) is 5.35. The van der Waals surface area contributed by atoms with Crippen LogP contribution in [0.1, 0.15) is 34.2 Å². The molecule has 0 fully saturated rings. The van der Waals surface area contributed by atoms with Gasteiger partial charge in [0.2, 0.25) is 0 Å². The summed E-state index contributed by atoms with van der Waals surface area (Å²) >= 11 is 0. The molecule has 4 aliphatic rings. The lowest BCUT2D eigenvalue weighted by Crippen LogP contribution is -2.32. The van der Waals surface area contributed by atoms with Crippen molar-refractivity contribution in [2.75, 3.05) is 9.80 Å². The zero-order valence-electron chi connectivity index (χ0n) is 38.7. The Labute approximate surface area is 411 Å². The van der Waals surface area contributed by atoms with Crippen LogP contribution in [0.2, 0.25) is 0 Å². The lowest BCUT2D eigenvalue weighted by Gasteiger charge is -2.34. The summed E-state index contributed by atoms with van der Waals surface area (Å²) in [6.07, 6.45) is 14.1. The predicted octanol–water partition coefficient (Wildman–Crippen LogP) is 16.2. The molecule has 5 nitrogen and oxygen atoms in total. The first-order chi connectivity index (χ1) is 35.3. The molecular formula is C66H45N5. The Hall–Kier alpha value is -9.06. The van der Waals surface area contributed by atoms with E-state index in [2.05, 4.69) is 272 Å². The van der Waals surface area contributed by atoms with Gasteiger partial charge in [-0.15, -0.1) is 0 Å². The molecule has 12 aromatic rings. The van der Waals surface area contributed by atoms with Crippen LogP contribution in [-0.4, -0.2) is 25.8 Å². The Morgan fingerprint density at radius 1 is 0.338 bits per heavy atom. The summed E-state index contributed by atoms with van der Waals surface area (Å²) in [5, 5.41) is 6.27. The average molecular weight is 908 g/mol. The van der Waals surface area contributed by atoms with Crippen LogP contribution in [0.3, 0.4) is 0 Å². The normalized spacial score (nSPS) is 18.5. The number of hydrogen-bond donors (Lipinski definition) is 0. The smallest absolute Gasteiger partial charge is 0.0650 e. The first-order valence-corrected chi connectivity index (χ1v) is 24.9. The maximum Gasteiger partial charge on any atom is 0.0650 e. The number of hydrogen-bond acceptors (Lipinski definition) is 2. The van der Waals surface area contributed by atoms with E-state index >= 15 is 0 Å². The maximum atomic E-state index is 2.65. The standard InChI is InChI=1S/C66H45N5/c1-3-19-42(20-4-1)70-57-31-15-9-25-49(57)51-35-37-61-63(65(51)70)53-27-11-17-33-59(53)68(61)45-39-44(67-55-29-13-7-23-47(55)48-24-8-14-30-56(48)67)40-46(41-45)69-60-34-18-12-28-54(60)64-62(69)38-36-52-50-26-10-16-32-58(50)71(66(52)64)43-21-5-2-6-22-43/h1-41,47,55,61,63H. The summed E-state index contributed by atoms with van der Waals surface area (Å²) in [5.74, 6) is 0.330. The summed E-state index contributed by atoms with van der Waals surface area (Å²) in [5.41, 5.74) is 19.7. The Morgan fingerprint density at radius 2 is 0.887 bits per heavy atom. The zero-order valence-corrected chi connectivity index (χ0v) is 38.7. The second-order valence-corrected chi connectivity index (χ2v) is 19.6. The lowest BCUT2D eigenvalue weighted by atomic mass is 9.84. The van der Waals surface area contributed by atoms with E-state index in [9.17, 15) is 0 Å². The van der Waals surface area contributed by atoms with Crippen LogP contribution in [0.4, 0.5) is 22.7 Å². The van der Waals surface area contributed by atoms with Gasteiger partial charge in [-0.25, -0.2) is 0 Å². The molecule has 3 aromatic heterocycles. The Kier molecular flexibility index (Phi) is 8.06. The van der Waals surface area contributed by atoms with Gasteiger partial charge in [-0.3, -0.25) is 0 Å². The molecule has 0 saturated carbocycles. The van der Waals surface area contributed by atoms with Crippen LogP contribution < -0.4 is 9.80 Å². The largest absolute Gasteiger partial charge is 0.333 e. The molecule has 2 aliphatic heterocycles. The van der Waals surface area contributed by atoms with Crippen molar-refractivity contribution < 1.29 is 0 Å². The molecule has 5 heterocycles. The summed E-state index contributed by atoms with van der Waals surface area (Å²) < 4.78 is 7.56. The first-order valence-electron chi connectivity index (χ1n) is 24.9. The van der Waals surface area contributed by atoms with E-state index in [1.165, 1.54) is 99.6 Å². The molecule has 0 N–H and O–H groups in total. The highest BCUT2D eigenvalue weighted by atomic mass is 15.2. The first kappa shape index (κ1) is 38.9. The number of anilines is 4. The second-order valence-electron chi connectivity index (χ2n) is 19.6. The number of fused-ring (bicyclic) bond motifs is 17. The molecule has 0 bridgehead atoms. The topological polar surface area (TPSA) is 21.3 Å². The van der Waals surface area contributed by atoms with E-state index in [4.69, 9.17) is 0 Å². The van der Waals surface area contributed by atoms with Gasteiger partial charge in [0.15, 0.2) is 0 Å². The van der Waals surface area contributed by atoms with Crippen molar-refractivity contribution in [2.24, 2.45) is 0 Å². The minimum atomic E-state index is 0.0188. The van der Waals surface area contributed by atoms with Crippen molar-refractivity contribution in [1.82, 2.24) is 13.7 Å². The highest BCUT2D eigenvalue weighted by Crippen LogP contribution is 2.56. The van der Waals surface area contributed by atoms with Gasteiger partial charge in [-0.05, 0) is 90.0 Å². The third-order valence-electron chi connectivity index (χ3n) is 16.0. The average Bonchev–Trinajstić information content (AvgIpc) is 4.23. The number of rotatable bonds is 5. The Bertz CT molecular complexity index is 4280. The van der Waals surface area contributed by atoms with Crippen molar-refractivity contribution in [2.45, 2.75) is 23.9 Å². The van der Waals surface area contributed by atoms with Crippen LogP contribution in [0.5, 0.6) is 0 Å². The summed E-state index contributed by atoms with van der Waals surface area (Å²) in [7, 11) is 0. The van der Waals surface area contributed by atoms with Gasteiger partial charge in [-0.1, -0.05) is 170 Å². The van der Waals surface area contributed by atoms with E-state index in [0.717, 1.165) is 17.1 Å². The van der Waals surface area contributed by atoms with Crippen LogP contribution in [0, 0.1) is 0 Å². The van der Waals surface area contributed by atoms with Crippen molar-refractivity contribution >= 4 is 83.3 Å². The molecule has 0 saturated heterocycles. The molecule has 2 aliphatic carbocycles. The van der Waals surface area contributed by atoms with E-state index in [0.29, 0.717) is 0 Å². The summed E-state index contributed by atoms with van der Waals surface area (Å²) in [6, 6.07) is 79.1. The van der Waals surface area contributed by atoms with Crippen molar-refractivity contribution in [3.63, 3.8) is 0 Å². The minimum Gasteiger partial charge on any atom is -0.333 e. The molecule has 334 valence electrons. The predicted molar refractivity (Wildman–Crippen MR) is 295 cm³/mol. The van der Waals surface area contributed by atoms with Crippen LogP contribution in [0.25, 0.3) is 77.7 Å². The molecule has 4 unspecified atom stereocenters. The fraction of sp³-hybridized carbons (Fsp3) is 0.0606. The number of benzene rings is 9. The number of allylic oxidation sites excluding steroid dienone is 2. The Morgan fingerprint density at radius 3 is 1.63 bits per heavy atom. The number of aromatic nitrogens is 3. The van der Waals surface area contributed by atoms with Crippen LogP contribution >= 0.6 is 0 Å². The summed E-state index contributed by atoms with van der Waals surface area (Å²) in [6.45, 7) is 0. The molecular weight excluding hydrogens is 863 g/mol.